The van der Waals surface area contributed by atoms with Crippen molar-refractivity contribution in [2.75, 3.05) is 0 Å². The van der Waals surface area contributed by atoms with Crippen LogP contribution in [0.2, 0.25) is 0 Å². The molecule has 0 spiro atoms. The Kier molecular flexibility index (Phi) is 13.5. The van der Waals surface area contributed by atoms with Crippen LogP contribution in [0.15, 0.2) is 10.8 Å². The number of hydrogen-bond acceptors (Lipinski definition) is 6. The molecule has 0 bridgehead atoms. The molecule has 1 aromatic carbocycles. The fourth-order valence-corrected chi connectivity index (χ4v) is 14.2. The predicted octanol–water partition coefficient (Wildman–Crippen LogP) is 17.0. The van der Waals surface area contributed by atoms with E-state index in [1.807, 2.05) is 45.3 Å². The van der Waals surface area contributed by atoms with Crippen LogP contribution >= 0.6 is 45.3 Å². The maximum atomic E-state index is 5.51. The van der Waals surface area contributed by atoms with Gasteiger partial charge in [-0.2, -0.15) is 0 Å². The summed E-state index contributed by atoms with van der Waals surface area (Å²) in [6.07, 6.45) is 32.1. The number of rotatable bonds is 25. The van der Waals surface area contributed by atoms with Crippen LogP contribution in [0, 0.1) is 0 Å². The van der Waals surface area contributed by atoms with Crippen molar-refractivity contribution in [3.8, 4) is 0 Å². The summed E-state index contributed by atoms with van der Waals surface area (Å²) in [5.74, 6) is 0. The van der Waals surface area contributed by atoms with Crippen LogP contribution in [-0.2, 0) is 19.4 Å². The number of benzene rings is 1. The van der Waals surface area contributed by atoms with Crippen LogP contribution in [0.4, 0.5) is 0 Å². The summed E-state index contributed by atoms with van der Waals surface area (Å²) >= 11 is 7.78. The smallest absolute Gasteiger partial charge is 0.101 e. The van der Waals surface area contributed by atoms with Gasteiger partial charge < -0.3 is 0 Å². The Morgan fingerprint density at radius 3 is 1.24 bits per heavy atom. The molecule has 0 radical (unpaired) electrons. The summed E-state index contributed by atoms with van der Waals surface area (Å²) in [4.78, 5) is 13.3. The summed E-state index contributed by atoms with van der Waals surface area (Å²) in [6, 6.07) is 0. The highest BCUT2D eigenvalue weighted by molar-refractivity contribution is 7.33. The Bertz CT molecular complexity index is 2280. The maximum Gasteiger partial charge on any atom is 0.101 e. The van der Waals surface area contributed by atoms with Crippen molar-refractivity contribution in [2.24, 2.45) is 0 Å². The van der Waals surface area contributed by atoms with Gasteiger partial charge in [0.15, 0.2) is 0 Å². The molecule has 8 rings (SSSR count). The second-order valence-corrected chi connectivity index (χ2v) is 20.2. The molecule has 0 saturated heterocycles. The molecule has 0 aliphatic heterocycles. The van der Waals surface area contributed by atoms with Crippen molar-refractivity contribution >= 4 is 117 Å². The molecular formula is C46H63N5S4. The molecule has 2 N–H and O–H groups in total. The number of aromatic nitrogens is 5. The Morgan fingerprint density at radius 1 is 0.436 bits per heavy atom. The minimum atomic E-state index is 0.969. The Hall–Kier alpha value is -2.46. The van der Waals surface area contributed by atoms with E-state index >= 15 is 0 Å². The number of nitrogens with one attached hydrogen (secondary N) is 2. The second kappa shape index (κ2) is 18.9. The van der Waals surface area contributed by atoms with Crippen LogP contribution < -0.4 is 0 Å². The average molecular weight is 814 g/mol. The van der Waals surface area contributed by atoms with E-state index in [1.165, 1.54) is 226 Å². The molecule has 8 aromatic rings. The van der Waals surface area contributed by atoms with Gasteiger partial charge in [0, 0.05) is 10.8 Å². The van der Waals surface area contributed by atoms with Crippen LogP contribution in [0.1, 0.15) is 173 Å². The molecular weight excluding hydrogens is 751 g/mol. The molecule has 0 fully saturated rings. The highest BCUT2D eigenvalue weighted by atomic mass is 32.1. The van der Waals surface area contributed by atoms with Crippen LogP contribution in [0.3, 0.4) is 0 Å². The molecule has 0 saturated carbocycles. The SMILES string of the molecule is CCCCCCCCCCCc1csc2c1sc1c2nc2c3nc4c5scc(CCCCCCCCCCC)c5sc4c3c3[nH]n(CCCCCC)[nH]c3c21. The standard InChI is InChI=1S/C46H63N5S4/c1-4-7-10-13-15-17-19-21-23-26-31-29-52-45-39-43(54-41(31)45)33-35(47-39)36-34(38-37(33)49-51(50-38)28-25-12-9-6-3)44-40(48-36)46-42(55-44)32(30-53-46)27-24-22-20-18-16-14-11-8-5-2/h29-30,49-50H,4-28H2,1-3H3. The van der Waals surface area contributed by atoms with Gasteiger partial charge in [-0.1, -0.05) is 143 Å². The molecule has 0 aliphatic rings. The zero-order valence-corrected chi connectivity index (χ0v) is 37.1. The van der Waals surface area contributed by atoms with Crippen LogP contribution in [0.25, 0.3) is 72.1 Å². The fourth-order valence-electron chi connectivity index (χ4n) is 8.90. The van der Waals surface area contributed by atoms with E-state index < -0.39 is 0 Å². The molecule has 7 heterocycles. The number of aromatic amines is 2. The lowest BCUT2D eigenvalue weighted by atomic mass is 10.1. The van der Waals surface area contributed by atoms with E-state index in [2.05, 4.69) is 46.5 Å². The third-order valence-corrected chi connectivity index (χ3v) is 17.0. The minimum Gasteiger partial charge on any atom is -0.281 e. The third kappa shape index (κ3) is 8.29. The topological polar surface area (TPSA) is 62.3 Å². The average Bonchev–Trinajstić information content (AvgIpc) is 4.04. The van der Waals surface area contributed by atoms with Crippen molar-refractivity contribution in [2.45, 2.75) is 181 Å². The van der Waals surface area contributed by atoms with Gasteiger partial charge in [0.25, 0.3) is 0 Å². The first kappa shape index (κ1) is 39.4. The molecule has 0 unspecified atom stereocenters. The van der Waals surface area contributed by atoms with Crippen molar-refractivity contribution in [3.63, 3.8) is 0 Å². The number of unbranched alkanes of at least 4 members (excludes halogenated alkanes) is 19. The lowest BCUT2D eigenvalue weighted by molar-refractivity contribution is 0.495. The van der Waals surface area contributed by atoms with Crippen molar-refractivity contribution in [1.82, 2.24) is 25.0 Å². The van der Waals surface area contributed by atoms with Gasteiger partial charge in [0.05, 0.1) is 45.8 Å². The van der Waals surface area contributed by atoms with Gasteiger partial charge in [0.1, 0.15) is 22.1 Å². The van der Waals surface area contributed by atoms with Gasteiger partial charge in [-0.25, -0.2) is 14.8 Å². The zero-order chi connectivity index (χ0) is 37.6. The van der Waals surface area contributed by atoms with E-state index in [0.29, 0.717) is 0 Å². The first-order valence-electron chi connectivity index (χ1n) is 22.3. The Balaban J connectivity index is 1.08. The van der Waals surface area contributed by atoms with Gasteiger partial charge in [-0.15, -0.1) is 45.3 Å². The summed E-state index contributed by atoms with van der Waals surface area (Å²) in [7, 11) is 0. The number of nitrogens with zero attached hydrogens (tertiary/aromatic N) is 3. The normalized spacial score (nSPS) is 12.6. The van der Waals surface area contributed by atoms with Gasteiger partial charge >= 0.3 is 0 Å². The van der Waals surface area contributed by atoms with E-state index in [0.717, 1.165) is 17.6 Å². The molecule has 5 nitrogen and oxygen atoms in total. The highest BCUT2D eigenvalue weighted by Crippen LogP contribution is 2.50. The van der Waals surface area contributed by atoms with E-state index in [1.54, 1.807) is 0 Å². The second-order valence-electron chi connectivity index (χ2n) is 16.4. The molecule has 296 valence electrons. The summed E-state index contributed by atoms with van der Waals surface area (Å²) in [5, 5.41) is 15.1. The Morgan fingerprint density at radius 2 is 0.818 bits per heavy atom. The number of fused-ring (bicyclic) bond motifs is 14. The van der Waals surface area contributed by atoms with Gasteiger partial charge in [0.2, 0.25) is 0 Å². The molecule has 9 heteroatoms. The van der Waals surface area contributed by atoms with Gasteiger partial charge in [-0.05, 0) is 54.0 Å². The lowest BCUT2D eigenvalue weighted by Gasteiger charge is -2.02. The minimum absolute atomic E-state index is 0.969. The number of aryl methyl sites for hydroxylation is 3. The molecule has 55 heavy (non-hydrogen) atoms. The van der Waals surface area contributed by atoms with Crippen molar-refractivity contribution in [1.29, 1.82) is 0 Å². The summed E-state index contributed by atoms with van der Waals surface area (Å²) in [5.41, 5.74) is 10.0. The maximum absolute atomic E-state index is 5.51. The van der Waals surface area contributed by atoms with Crippen LogP contribution in [-0.4, -0.2) is 25.0 Å². The molecule has 0 atom stereocenters. The van der Waals surface area contributed by atoms with E-state index in [-0.39, 0.29) is 0 Å². The number of hydrogen-bond donors (Lipinski definition) is 2. The van der Waals surface area contributed by atoms with Gasteiger partial charge in [-0.3, -0.25) is 10.2 Å². The van der Waals surface area contributed by atoms with Crippen molar-refractivity contribution < 1.29 is 0 Å². The molecule has 0 aliphatic carbocycles. The third-order valence-electron chi connectivity index (χ3n) is 12.1. The monoisotopic (exact) mass is 813 g/mol. The van der Waals surface area contributed by atoms with E-state index in [4.69, 9.17) is 9.97 Å². The Labute approximate surface area is 343 Å². The number of H-pyrrole nitrogens is 2. The molecule has 7 aromatic heterocycles. The quantitative estimate of drug-likeness (QED) is 0.0565. The van der Waals surface area contributed by atoms with Crippen LogP contribution in [0.5, 0.6) is 0 Å². The molecule has 0 amide bonds. The first-order chi connectivity index (χ1) is 27.2. The predicted molar refractivity (Wildman–Crippen MR) is 249 cm³/mol. The van der Waals surface area contributed by atoms with Crippen molar-refractivity contribution in [3.05, 3.63) is 21.9 Å². The largest absolute Gasteiger partial charge is 0.281 e. The summed E-state index contributed by atoms with van der Waals surface area (Å²) in [6.45, 7) is 7.86. The van der Waals surface area contributed by atoms with E-state index in [9.17, 15) is 0 Å². The lowest BCUT2D eigenvalue weighted by Crippen LogP contribution is -2.01. The highest BCUT2D eigenvalue weighted by Gasteiger charge is 2.27. The number of thiophene rings is 4. The fraction of sp³-hybridized carbons (Fsp3) is 0.609. The summed E-state index contributed by atoms with van der Waals surface area (Å²) < 4.78 is 8.36. The first-order valence-corrected chi connectivity index (χ1v) is 25.7. The zero-order valence-electron chi connectivity index (χ0n) is 33.8.